The molecule has 0 spiro atoms. The first-order chi connectivity index (χ1) is 14.0. The van der Waals surface area contributed by atoms with Crippen LogP contribution in [0, 0.1) is 28.6 Å². The lowest BCUT2D eigenvalue weighted by Gasteiger charge is -2.62. The third-order valence-corrected chi connectivity index (χ3v) is 8.74. The molecule has 2 fully saturated rings. The molecule has 166 valence electrons. The first-order valence-corrected chi connectivity index (χ1v) is 11.3. The monoisotopic (exact) mass is 416 g/mol. The summed E-state index contributed by atoms with van der Waals surface area (Å²) in [7, 11) is 0. The predicted molar refractivity (Wildman–Crippen MR) is 114 cm³/mol. The van der Waals surface area contributed by atoms with Crippen molar-refractivity contribution >= 4 is 17.7 Å². The number of Topliss-reactive ketones (excluding diaryl/α,β-unsaturated/α-hetero) is 1. The van der Waals surface area contributed by atoms with Crippen molar-refractivity contribution in [2.24, 2.45) is 28.6 Å². The van der Waals surface area contributed by atoms with E-state index in [0.29, 0.717) is 24.5 Å². The number of ketones is 1. The van der Waals surface area contributed by atoms with Crippen LogP contribution in [0.15, 0.2) is 23.3 Å². The second-order valence-corrected chi connectivity index (χ2v) is 10.1. The number of allylic oxidation sites excluding steroid dienone is 1. The van der Waals surface area contributed by atoms with Crippen LogP contribution in [0.5, 0.6) is 0 Å². The number of ether oxygens (including phenoxy) is 2. The fraction of sp³-hybridized carbons (Fsp3) is 0.720. The molecule has 0 aromatic rings. The standard InChI is InChI=1S/C25H36O5/c1-7-15(2)23(28)30-21-12-16(3)24(5,11-10-18-13-22(27)29-14-18)20-9-8-19(26)17(4)25(20,21)6/h7,13,16-17,20-21H,8-12,14H2,1-6H3. The molecule has 0 saturated heterocycles. The maximum Gasteiger partial charge on any atom is 0.333 e. The van der Waals surface area contributed by atoms with Crippen molar-refractivity contribution in [2.45, 2.75) is 79.8 Å². The zero-order valence-corrected chi connectivity index (χ0v) is 19.2. The van der Waals surface area contributed by atoms with Gasteiger partial charge in [-0.15, -0.1) is 0 Å². The van der Waals surface area contributed by atoms with Crippen molar-refractivity contribution in [2.75, 3.05) is 6.61 Å². The van der Waals surface area contributed by atoms with Gasteiger partial charge in [-0.3, -0.25) is 4.79 Å². The molecule has 5 nitrogen and oxygen atoms in total. The number of rotatable bonds is 5. The first kappa shape index (κ1) is 22.8. The number of hydrogen-bond donors (Lipinski definition) is 0. The number of carbonyl (C=O) groups is 3. The van der Waals surface area contributed by atoms with E-state index in [1.54, 1.807) is 19.1 Å². The average molecular weight is 417 g/mol. The van der Waals surface area contributed by atoms with E-state index in [1.165, 1.54) is 0 Å². The molecule has 30 heavy (non-hydrogen) atoms. The number of carbonyl (C=O) groups excluding carboxylic acids is 3. The first-order valence-electron chi connectivity index (χ1n) is 11.3. The highest BCUT2D eigenvalue weighted by molar-refractivity contribution is 5.88. The van der Waals surface area contributed by atoms with Crippen LogP contribution >= 0.6 is 0 Å². The number of fused-ring (bicyclic) bond motifs is 1. The summed E-state index contributed by atoms with van der Waals surface area (Å²) in [5.74, 6) is 0.187. The van der Waals surface area contributed by atoms with Crippen LogP contribution in [-0.4, -0.2) is 30.4 Å². The Labute approximate surface area is 180 Å². The van der Waals surface area contributed by atoms with Gasteiger partial charge >= 0.3 is 11.9 Å². The summed E-state index contributed by atoms with van der Waals surface area (Å²) in [4.78, 5) is 36.8. The lowest BCUT2D eigenvalue weighted by molar-refractivity contribution is -0.199. The molecule has 6 unspecified atom stereocenters. The smallest absolute Gasteiger partial charge is 0.333 e. The largest absolute Gasteiger partial charge is 0.458 e. The normalized spacial score (nSPS) is 39.3. The van der Waals surface area contributed by atoms with Gasteiger partial charge in [-0.1, -0.05) is 33.8 Å². The van der Waals surface area contributed by atoms with Gasteiger partial charge in [-0.25, -0.2) is 9.59 Å². The Morgan fingerprint density at radius 2 is 2.00 bits per heavy atom. The Bertz CT molecular complexity index is 793. The second-order valence-electron chi connectivity index (χ2n) is 10.1. The van der Waals surface area contributed by atoms with E-state index in [2.05, 4.69) is 20.8 Å². The lowest BCUT2D eigenvalue weighted by Crippen LogP contribution is -2.61. The Hall–Kier alpha value is -1.91. The Kier molecular flexibility index (Phi) is 6.31. The summed E-state index contributed by atoms with van der Waals surface area (Å²) in [5, 5.41) is 0. The van der Waals surface area contributed by atoms with Crippen molar-refractivity contribution in [3.05, 3.63) is 23.3 Å². The van der Waals surface area contributed by atoms with Crippen LogP contribution in [0.3, 0.4) is 0 Å². The third kappa shape index (κ3) is 3.76. The average Bonchev–Trinajstić information content (AvgIpc) is 3.13. The van der Waals surface area contributed by atoms with Crippen LogP contribution in [0.2, 0.25) is 0 Å². The van der Waals surface area contributed by atoms with E-state index in [-0.39, 0.29) is 41.1 Å². The molecule has 2 aliphatic carbocycles. The molecular formula is C25H36O5. The van der Waals surface area contributed by atoms with Crippen LogP contribution in [-0.2, 0) is 23.9 Å². The van der Waals surface area contributed by atoms with Gasteiger partial charge in [0.05, 0.1) is 0 Å². The fourth-order valence-electron chi connectivity index (χ4n) is 6.12. The van der Waals surface area contributed by atoms with Gasteiger partial charge in [0.15, 0.2) is 0 Å². The Balaban J connectivity index is 1.91. The molecule has 5 heteroatoms. The highest BCUT2D eigenvalue weighted by Crippen LogP contribution is 2.63. The molecular weight excluding hydrogens is 380 g/mol. The Morgan fingerprint density at radius 1 is 1.30 bits per heavy atom. The molecule has 6 atom stereocenters. The molecule has 3 aliphatic rings. The third-order valence-electron chi connectivity index (χ3n) is 8.74. The summed E-state index contributed by atoms with van der Waals surface area (Å²) in [6, 6.07) is 0. The minimum atomic E-state index is -0.392. The van der Waals surface area contributed by atoms with Gasteiger partial charge in [0, 0.05) is 29.4 Å². The SMILES string of the molecule is CC=C(C)C(=O)OC1CC(C)C(C)(CCC2=CC(=O)OC2)C2CCC(=O)C(C)C12C. The van der Waals surface area contributed by atoms with Crippen molar-refractivity contribution in [3.63, 3.8) is 0 Å². The highest BCUT2D eigenvalue weighted by Gasteiger charge is 2.62. The molecule has 0 bridgehead atoms. The molecule has 0 aromatic heterocycles. The van der Waals surface area contributed by atoms with Gasteiger partial charge in [0.1, 0.15) is 18.5 Å². The summed E-state index contributed by atoms with van der Waals surface area (Å²) in [5.41, 5.74) is 1.25. The van der Waals surface area contributed by atoms with E-state index in [1.807, 2.05) is 13.8 Å². The molecule has 1 aliphatic heterocycles. The van der Waals surface area contributed by atoms with Crippen molar-refractivity contribution in [1.29, 1.82) is 0 Å². The van der Waals surface area contributed by atoms with Crippen LogP contribution in [0.4, 0.5) is 0 Å². The molecule has 1 heterocycles. The molecule has 3 rings (SSSR count). The van der Waals surface area contributed by atoms with E-state index in [9.17, 15) is 14.4 Å². The highest BCUT2D eigenvalue weighted by atomic mass is 16.5. The lowest BCUT2D eigenvalue weighted by atomic mass is 9.43. The number of hydrogen-bond acceptors (Lipinski definition) is 5. The predicted octanol–water partition coefficient (Wildman–Crippen LogP) is 4.80. The minimum absolute atomic E-state index is 0.00522. The van der Waals surface area contributed by atoms with Gasteiger partial charge in [0.25, 0.3) is 0 Å². The number of cyclic esters (lactones) is 1. The second kappa shape index (κ2) is 8.32. The minimum Gasteiger partial charge on any atom is -0.458 e. The summed E-state index contributed by atoms with van der Waals surface area (Å²) < 4.78 is 11.1. The van der Waals surface area contributed by atoms with E-state index >= 15 is 0 Å². The van der Waals surface area contributed by atoms with Crippen LogP contribution in [0.1, 0.15) is 73.6 Å². The molecule has 0 aromatic carbocycles. The molecule has 0 amide bonds. The fourth-order valence-corrected chi connectivity index (χ4v) is 6.12. The van der Waals surface area contributed by atoms with Gasteiger partial charge in [-0.05, 0) is 62.4 Å². The van der Waals surface area contributed by atoms with Gasteiger partial charge in [0.2, 0.25) is 0 Å². The topological polar surface area (TPSA) is 69.7 Å². The van der Waals surface area contributed by atoms with Crippen LogP contribution in [0.25, 0.3) is 0 Å². The van der Waals surface area contributed by atoms with Crippen molar-refractivity contribution < 1.29 is 23.9 Å². The van der Waals surface area contributed by atoms with E-state index in [0.717, 1.165) is 31.3 Å². The summed E-state index contributed by atoms with van der Waals surface area (Å²) in [6.45, 7) is 12.7. The van der Waals surface area contributed by atoms with Crippen LogP contribution < -0.4 is 0 Å². The van der Waals surface area contributed by atoms with Crippen molar-refractivity contribution in [1.82, 2.24) is 0 Å². The van der Waals surface area contributed by atoms with E-state index in [4.69, 9.17) is 9.47 Å². The zero-order chi connectivity index (χ0) is 22.3. The maximum atomic E-state index is 12.8. The van der Waals surface area contributed by atoms with Gasteiger partial charge in [-0.2, -0.15) is 0 Å². The van der Waals surface area contributed by atoms with E-state index < -0.39 is 5.41 Å². The summed E-state index contributed by atoms with van der Waals surface area (Å²) in [6.07, 6.45) is 7.03. The maximum absolute atomic E-state index is 12.8. The Morgan fingerprint density at radius 3 is 2.60 bits per heavy atom. The molecule has 2 saturated carbocycles. The zero-order valence-electron chi connectivity index (χ0n) is 19.2. The van der Waals surface area contributed by atoms with Gasteiger partial charge < -0.3 is 9.47 Å². The van der Waals surface area contributed by atoms with Crippen molar-refractivity contribution in [3.8, 4) is 0 Å². The molecule has 0 N–H and O–H groups in total. The summed E-state index contributed by atoms with van der Waals surface area (Å²) >= 11 is 0. The molecule has 0 radical (unpaired) electrons. The quantitative estimate of drug-likeness (QED) is 0.476. The number of esters is 2.